The van der Waals surface area contributed by atoms with E-state index in [2.05, 4.69) is 13.2 Å². The molecule has 0 bridgehead atoms. The molecule has 1 aromatic rings. The van der Waals surface area contributed by atoms with Gasteiger partial charge in [0.15, 0.2) is 0 Å². The lowest BCUT2D eigenvalue weighted by Crippen LogP contribution is -1.93. The van der Waals surface area contributed by atoms with Crippen molar-refractivity contribution in [2.24, 2.45) is 0 Å². The molecule has 0 atom stereocenters. The van der Waals surface area contributed by atoms with Crippen molar-refractivity contribution in [2.75, 3.05) is 18.1 Å². The molecule has 3 N–H and O–H groups in total. The number of nitrogen functional groups attached to an aromatic ring is 1. The van der Waals surface area contributed by atoms with Gasteiger partial charge in [-0.2, -0.15) is 0 Å². The van der Waals surface area contributed by atoms with Crippen molar-refractivity contribution < 1.29 is 0 Å². The predicted octanol–water partition coefficient (Wildman–Crippen LogP) is 1.51. The number of benzene rings is 1. The largest absolute Gasteiger partial charge is 0.397 e. The lowest BCUT2D eigenvalue weighted by atomic mass is 10.2. The van der Waals surface area contributed by atoms with Crippen LogP contribution in [0, 0.1) is 0 Å². The lowest BCUT2D eigenvalue weighted by molar-refractivity contribution is 1.51. The van der Waals surface area contributed by atoms with Gasteiger partial charge in [0.05, 0.1) is 19.2 Å². The first-order valence-corrected chi connectivity index (χ1v) is 3.44. The summed E-state index contributed by atoms with van der Waals surface area (Å²) in [6, 6.07) is 7.67. The van der Waals surface area contributed by atoms with Crippen molar-refractivity contribution in [3.8, 4) is 0 Å². The predicted molar refractivity (Wildman–Crippen MR) is 52.0 cm³/mol. The van der Waals surface area contributed by atoms with Crippen LogP contribution < -0.4 is 11.1 Å². The Balaban J connectivity index is 0.000000461. The summed E-state index contributed by atoms with van der Waals surface area (Å²) in [7, 11) is 6.35. The highest BCUT2D eigenvalue weighted by Gasteiger charge is 1.89. The summed E-state index contributed by atoms with van der Waals surface area (Å²) < 4.78 is 0. The number of anilines is 2. The summed E-state index contributed by atoms with van der Waals surface area (Å²) in [5.41, 5.74) is 7.34. The Morgan fingerprint density at radius 2 is 1.82 bits per heavy atom. The minimum atomic E-state index is 0.792. The van der Waals surface area contributed by atoms with E-state index in [0.29, 0.717) is 0 Å². The number of hydrogen-bond donors (Lipinski definition) is 2. The standard InChI is InChI=1S/C7H10N2.CH3B/c1-9-7-5-3-2-4-6(7)8;1-2/h2-5,9H,8H2,1H3;1H3. The molecule has 0 spiro atoms. The third-order valence-electron chi connectivity index (χ3n) is 1.23. The van der Waals surface area contributed by atoms with Gasteiger partial charge in [-0.15, -0.1) is 0 Å². The van der Waals surface area contributed by atoms with Gasteiger partial charge >= 0.3 is 0 Å². The molecular weight excluding hydrogens is 135 g/mol. The van der Waals surface area contributed by atoms with Gasteiger partial charge in [0.1, 0.15) is 0 Å². The highest BCUT2D eigenvalue weighted by molar-refractivity contribution is 6.05. The van der Waals surface area contributed by atoms with Crippen LogP contribution in [-0.4, -0.2) is 14.9 Å². The second-order valence-corrected chi connectivity index (χ2v) is 1.84. The molecule has 0 aliphatic heterocycles. The molecule has 58 valence electrons. The summed E-state index contributed by atoms with van der Waals surface area (Å²) in [5.74, 6) is 0. The van der Waals surface area contributed by atoms with Crippen LogP contribution in [0.3, 0.4) is 0 Å². The average Bonchev–Trinajstić information content (AvgIpc) is 2.09. The molecule has 0 unspecified atom stereocenters. The molecule has 1 aromatic carbocycles. The van der Waals surface area contributed by atoms with E-state index in [9.17, 15) is 0 Å². The maximum absolute atomic E-state index is 5.57. The quantitative estimate of drug-likeness (QED) is 0.468. The smallest absolute Gasteiger partial charge is 0.0606 e. The molecule has 0 heterocycles. The molecule has 0 aromatic heterocycles. The van der Waals surface area contributed by atoms with Gasteiger partial charge in [0, 0.05) is 7.05 Å². The first kappa shape index (κ1) is 9.88. The second kappa shape index (κ2) is 5.65. The zero-order valence-corrected chi connectivity index (χ0v) is 6.96. The molecule has 0 saturated heterocycles. The SMILES string of the molecule is CNc1ccccc1N.[B]C. The van der Waals surface area contributed by atoms with Crippen LogP contribution in [0.15, 0.2) is 24.3 Å². The Morgan fingerprint density at radius 1 is 1.27 bits per heavy atom. The van der Waals surface area contributed by atoms with E-state index in [4.69, 9.17) is 5.73 Å². The third kappa shape index (κ3) is 2.98. The maximum Gasteiger partial charge on any atom is 0.0606 e. The van der Waals surface area contributed by atoms with Crippen LogP contribution in [0.5, 0.6) is 0 Å². The number of hydrogen-bond acceptors (Lipinski definition) is 2. The van der Waals surface area contributed by atoms with E-state index >= 15 is 0 Å². The van der Waals surface area contributed by atoms with Gasteiger partial charge in [-0.1, -0.05) is 19.0 Å². The van der Waals surface area contributed by atoms with Gasteiger partial charge in [0.2, 0.25) is 0 Å². The van der Waals surface area contributed by atoms with Gasteiger partial charge in [-0.25, -0.2) is 0 Å². The fourth-order valence-corrected chi connectivity index (χ4v) is 0.725. The monoisotopic (exact) mass is 148 g/mol. The molecule has 2 radical (unpaired) electrons. The van der Waals surface area contributed by atoms with Crippen molar-refractivity contribution in [1.29, 1.82) is 0 Å². The first-order chi connectivity index (χ1) is 5.34. The molecule has 1 rings (SSSR count). The molecule has 0 saturated carbocycles. The highest BCUT2D eigenvalue weighted by Crippen LogP contribution is 2.14. The number of para-hydroxylation sites is 2. The van der Waals surface area contributed by atoms with Crippen molar-refractivity contribution >= 4 is 19.2 Å². The highest BCUT2D eigenvalue weighted by atomic mass is 14.8. The summed E-state index contributed by atoms with van der Waals surface area (Å²) in [6.07, 6.45) is 0. The molecule has 2 nitrogen and oxygen atoms in total. The Kier molecular flexibility index (Phi) is 5.08. The Hall–Kier alpha value is -1.12. The molecule has 0 aliphatic rings. The zero-order chi connectivity index (χ0) is 8.69. The average molecular weight is 148 g/mol. The van der Waals surface area contributed by atoms with Gasteiger partial charge in [-0.05, 0) is 12.1 Å². The summed E-state index contributed by atoms with van der Waals surface area (Å²) in [4.78, 5) is 0. The zero-order valence-electron chi connectivity index (χ0n) is 6.96. The fourth-order valence-electron chi connectivity index (χ4n) is 0.725. The lowest BCUT2D eigenvalue weighted by Gasteiger charge is -2.01. The van der Waals surface area contributed by atoms with Gasteiger partial charge in [0.25, 0.3) is 0 Å². The second-order valence-electron chi connectivity index (χ2n) is 1.84. The minimum Gasteiger partial charge on any atom is -0.397 e. The van der Waals surface area contributed by atoms with E-state index in [0.717, 1.165) is 11.4 Å². The van der Waals surface area contributed by atoms with Crippen LogP contribution in [-0.2, 0) is 0 Å². The molecule has 0 aliphatic carbocycles. The minimum absolute atomic E-state index is 0.792. The van der Waals surface area contributed by atoms with E-state index < -0.39 is 0 Å². The first-order valence-electron chi connectivity index (χ1n) is 3.44. The molecule has 0 amide bonds. The normalized spacial score (nSPS) is 7.82. The van der Waals surface area contributed by atoms with Crippen LogP contribution in [0.4, 0.5) is 11.4 Å². The molecule has 0 fully saturated rings. The third-order valence-corrected chi connectivity index (χ3v) is 1.23. The van der Waals surface area contributed by atoms with E-state index in [1.54, 1.807) is 0 Å². The Labute approximate surface area is 69.2 Å². The molecular formula is C8H13BN2. The van der Waals surface area contributed by atoms with Crippen molar-refractivity contribution in [1.82, 2.24) is 0 Å². The summed E-state index contributed by atoms with van der Waals surface area (Å²) >= 11 is 0. The summed E-state index contributed by atoms with van der Waals surface area (Å²) in [6.45, 7) is 1.50. The Bertz CT molecular complexity index is 201. The van der Waals surface area contributed by atoms with E-state index in [1.165, 1.54) is 6.82 Å². The van der Waals surface area contributed by atoms with Gasteiger partial charge in [-0.3, -0.25) is 0 Å². The van der Waals surface area contributed by atoms with Crippen LogP contribution >= 0.6 is 0 Å². The Morgan fingerprint density at radius 3 is 2.18 bits per heavy atom. The van der Waals surface area contributed by atoms with Crippen molar-refractivity contribution in [2.45, 2.75) is 6.82 Å². The van der Waals surface area contributed by atoms with Gasteiger partial charge < -0.3 is 11.1 Å². The number of nitrogens with two attached hydrogens (primary N) is 1. The molecule has 3 heteroatoms. The van der Waals surface area contributed by atoms with Crippen LogP contribution in [0.1, 0.15) is 0 Å². The number of rotatable bonds is 1. The topological polar surface area (TPSA) is 38.0 Å². The van der Waals surface area contributed by atoms with Crippen molar-refractivity contribution in [3.63, 3.8) is 0 Å². The van der Waals surface area contributed by atoms with Crippen LogP contribution in [0.25, 0.3) is 0 Å². The van der Waals surface area contributed by atoms with Crippen LogP contribution in [0.2, 0.25) is 6.82 Å². The van der Waals surface area contributed by atoms with E-state index in [1.807, 2.05) is 31.3 Å². The fraction of sp³-hybridized carbons (Fsp3) is 0.250. The number of nitrogens with one attached hydrogen (secondary N) is 1. The van der Waals surface area contributed by atoms with Crippen molar-refractivity contribution in [3.05, 3.63) is 24.3 Å². The summed E-state index contributed by atoms with van der Waals surface area (Å²) in [5, 5.41) is 2.97. The maximum atomic E-state index is 5.57. The molecule has 11 heavy (non-hydrogen) atoms. The van der Waals surface area contributed by atoms with E-state index in [-0.39, 0.29) is 0 Å².